The van der Waals surface area contributed by atoms with Crippen LogP contribution in [0.5, 0.6) is 0 Å². The van der Waals surface area contributed by atoms with Crippen molar-refractivity contribution in [1.29, 1.82) is 0 Å². The zero-order chi connectivity index (χ0) is 16.4. The van der Waals surface area contributed by atoms with Gasteiger partial charge in [-0.1, -0.05) is 35.9 Å². The van der Waals surface area contributed by atoms with Crippen molar-refractivity contribution in [2.75, 3.05) is 6.61 Å². The number of benzene rings is 2. The summed E-state index contributed by atoms with van der Waals surface area (Å²) >= 11 is 0. The third-order valence-corrected chi connectivity index (χ3v) is 4.03. The molecular weight excluding hydrogens is 286 g/mol. The van der Waals surface area contributed by atoms with E-state index in [0.29, 0.717) is 12.2 Å². The number of carbonyl (C=O) groups excluding carboxylic acids is 1. The summed E-state index contributed by atoms with van der Waals surface area (Å²) in [5.41, 5.74) is 3.92. The number of rotatable bonds is 3. The summed E-state index contributed by atoms with van der Waals surface area (Å²) in [6.45, 7) is 6.32. The van der Waals surface area contributed by atoms with Gasteiger partial charge in [0.25, 0.3) is 0 Å². The summed E-state index contributed by atoms with van der Waals surface area (Å²) in [6.07, 6.45) is 1.88. The summed E-state index contributed by atoms with van der Waals surface area (Å²) in [5.74, 6) is -0.287. The van der Waals surface area contributed by atoms with Crippen LogP contribution in [0.2, 0.25) is 0 Å². The lowest BCUT2D eigenvalue weighted by atomic mass is 10.0. The molecule has 0 fully saturated rings. The van der Waals surface area contributed by atoms with E-state index in [9.17, 15) is 4.79 Å². The van der Waals surface area contributed by atoms with Gasteiger partial charge in [-0.3, -0.25) is 0 Å². The van der Waals surface area contributed by atoms with E-state index in [1.807, 2.05) is 42.0 Å². The van der Waals surface area contributed by atoms with Crippen LogP contribution in [0.15, 0.2) is 54.7 Å². The molecule has 0 amide bonds. The number of aryl methyl sites for hydroxylation is 2. The quantitative estimate of drug-likeness (QED) is 0.542. The highest BCUT2D eigenvalue weighted by molar-refractivity contribution is 6.04. The molecular formula is C20H20NO2+. The Morgan fingerprint density at radius 3 is 2.30 bits per heavy atom. The van der Waals surface area contributed by atoms with Crippen LogP contribution in [0.25, 0.3) is 16.5 Å². The van der Waals surface area contributed by atoms with Gasteiger partial charge in [-0.2, -0.15) is 4.57 Å². The Bertz CT molecular complexity index is 867. The fourth-order valence-corrected chi connectivity index (χ4v) is 2.80. The molecule has 0 aliphatic carbocycles. The fraction of sp³-hybridized carbons (Fsp3) is 0.200. The third kappa shape index (κ3) is 2.82. The van der Waals surface area contributed by atoms with E-state index >= 15 is 0 Å². The van der Waals surface area contributed by atoms with Crippen molar-refractivity contribution in [3.8, 4) is 5.69 Å². The van der Waals surface area contributed by atoms with Crippen LogP contribution in [-0.2, 0) is 4.74 Å². The first kappa shape index (κ1) is 15.2. The second kappa shape index (κ2) is 6.21. The van der Waals surface area contributed by atoms with Gasteiger partial charge in [-0.15, -0.1) is 0 Å². The van der Waals surface area contributed by atoms with Crippen LogP contribution in [0.3, 0.4) is 0 Å². The average molecular weight is 306 g/mol. The Morgan fingerprint density at radius 1 is 1.00 bits per heavy atom. The minimum Gasteiger partial charge on any atom is -0.462 e. The molecule has 3 rings (SSSR count). The largest absolute Gasteiger partial charge is 0.462 e. The molecule has 0 aliphatic rings. The van der Waals surface area contributed by atoms with E-state index in [4.69, 9.17) is 4.74 Å². The number of fused-ring (bicyclic) bond motifs is 1. The van der Waals surface area contributed by atoms with Crippen LogP contribution in [0.1, 0.15) is 28.5 Å². The smallest absolute Gasteiger partial charge is 0.344 e. The van der Waals surface area contributed by atoms with E-state index in [-0.39, 0.29) is 5.97 Å². The van der Waals surface area contributed by atoms with Crippen LogP contribution >= 0.6 is 0 Å². The van der Waals surface area contributed by atoms with E-state index in [0.717, 1.165) is 22.2 Å². The number of esters is 1. The predicted octanol–water partition coefficient (Wildman–Crippen LogP) is 3.91. The molecule has 1 heterocycles. The lowest BCUT2D eigenvalue weighted by Crippen LogP contribution is -2.35. The summed E-state index contributed by atoms with van der Waals surface area (Å²) in [5, 5.41) is 1.98. The first-order valence-corrected chi connectivity index (χ1v) is 7.80. The van der Waals surface area contributed by atoms with Gasteiger partial charge in [-0.05, 0) is 19.9 Å². The van der Waals surface area contributed by atoms with Gasteiger partial charge >= 0.3 is 5.97 Å². The Labute approximate surface area is 136 Å². The maximum Gasteiger partial charge on any atom is 0.344 e. The first-order valence-electron chi connectivity index (χ1n) is 7.80. The van der Waals surface area contributed by atoms with Crippen LogP contribution < -0.4 is 4.57 Å². The molecule has 0 spiro atoms. The standard InChI is InChI=1S/C20H20NO2/c1-4-23-20(22)19-13-21(16-11-9-14(2)10-12-16)15(3)17-7-5-6-8-18(17)19/h5-13H,4H2,1-3H3/q+1. The molecule has 23 heavy (non-hydrogen) atoms. The lowest BCUT2D eigenvalue weighted by molar-refractivity contribution is -0.601. The van der Waals surface area contributed by atoms with Crippen molar-refractivity contribution >= 4 is 16.7 Å². The molecule has 116 valence electrons. The van der Waals surface area contributed by atoms with E-state index in [2.05, 4.69) is 38.1 Å². The molecule has 0 radical (unpaired) electrons. The molecule has 0 atom stereocenters. The molecule has 0 unspecified atom stereocenters. The molecule has 0 saturated carbocycles. The Balaban J connectivity index is 2.28. The molecule has 0 N–H and O–H groups in total. The topological polar surface area (TPSA) is 30.2 Å². The van der Waals surface area contributed by atoms with Crippen molar-refractivity contribution in [3.05, 3.63) is 71.5 Å². The number of hydrogen-bond donors (Lipinski definition) is 0. The minimum atomic E-state index is -0.287. The predicted molar refractivity (Wildman–Crippen MR) is 90.9 cm³/mol. The monoisotopic (exact) mass is 306 g/mol. The third-order valence-electron chi connectivity index (χ3n) is 4.03. The minimum absolute atomic E-state index is 0.287. The zero-order valence-electron chi connectivity index (χ0n) is 13.7. The molecule has 3 heteroatoms. The van der Waals surface area contributed by atoms with Crippen molar-refractivity contribution < 1.29 is 14.1 Å². The van der Waals surface area contributed by atoms with Gasteiger partial charge in [0, 0.05) is 24.4 Å². The summed E-state index contributed by atoms with van der Waals surface area (Å²) in [4.78, 5) is 12.4. The van der Waals surface area contributed by atoms with Gasteiger partial charge in [-0.25, -0.2) is 4.79 Å². The van der Waals surface area contributed by atoms with Crippen molar-refractivity contribution in [1.82, 2.24) is 0 Å². The Morgan fingerprint density at radius 2 is 1.65 bits per heavy atom. The second-order valence-electron chi connectivity index (χ2n) is 5.60. The molecule has 0 bridgehead atoms. The number of ether oxygens (including phenoxy) is 1. The number of pyridine rings is 1. The number of hydrogen-bond acceptors (Lipinski definition) is 2. The first-order chi connectivity index (χ1) is 11.1. The van der Waals surface area contributed by atoms with Crippen molar-refractivity contribution in [3.63, 3.8) is 0 Å². The zero-order valence-corrected chi connectivity index (χ0v) is 13.7. The summed E-state index contributed by atoms with van der Waals surface area (Å²) in [7, 11) is 0. The molecule has 1 aromatic heterocycles. The highest BCUT2D eigenvalue weighted by atomic mass is 16.5. The van der Waals surface area contributed by atoms with E-state index in [1.165, 1.54) is 5.56 Å². The van der Waals surface area contributed by atoms with Crippen LogP contribution in [0, 0.1) is 13.8 Å². The highest BCUT2D eigenvalue weighted by Crippen LogP contribution is 2.21. The maximum atomic E-state index is 12.4. The number of carbonyl (C=O) groups is 1. The SMILES string of the molecule is CCOC(=O)c1c[n+](-c2ccc(C)cc2)c(C)c2ccccc12. The average Bonchev–Trinajstić information content (AvgIpc) is 2.57. The Kier molecular flexibility index (Phi) is 4.11. The molecule has 0 saturated heterocycles. The lowest BCUT2D eigenvalue weighted by Gasteiger charge is -2.09. The number of aromatic nitrogens is 1. The van der Waals surface area contributed by atoms with E-state index in [1.54, 1.807) is 0 Å². The molecule has 3 aromatic rings. The molecule has 2 aromatic carbocycles. The van der Waals surface area contributed by atoms with Crippen LogP contribution in [-0.4, -0.2) is 12.6 Å². The normalized spacial score (nSPS) is 10.7. The molecule has 0 aliphatic heterocycles. The van der Waals surface area contributed by atoms with Gasteiger partial charge < -0.3 is 4.74 Å². The van der Waals surface area contributed by atoms with Crippen molar-refractivity contribution in [2.45, 2.75) is 20.8 Å². The second-order valence-corrected chi connectivity index (χ2v) is 5.60. The van der Waals surface area contributed by atoms with Gasteiger partial charge in [0.15, 0.2) is 11.9 Å². The maximum absolute atomic E-state index is 12.4. The summed E-state index contributed by atoms with van der Waals surface area (Å²) < 4.78 is 7.28. The van der Waals surface area contributed by atoms with Crippen molar-refractivity contribution in [2.24, 2.45) is 0 Å². The molecule has 3 nitrogen and oxygen atoms in total. The fourth-order valence-electron chi connectivity index (χ4n) is 2.80. The van der Waals surface area contributed by atoms with E-state index < -0.39 is 0 Å². The summed E-state index contributed by atoms with van der Waals surface area (Å²) in [6, 6.07) is 16.2. The van der Waals surface area contributed by atoms with Gasteiger partial charge in [0.05, 0.1) is 12.0 Å². The number of nitrogens with zero attached hydrogens (tertiary/aromatic N) is 1. The highest BCUT2D eigenvalue weighted by Gasteiger charge is 2.22. The van der Waals surface area contributed by atoms with Gasteiger partial charge in [0.1, 0.15) is 5.56 Å². The van der Waals surface area contributed by atoms with Gasteiger partial charge in [0.2, 0.25) is 5.69 Å². The van der Waals surface area contributed by atoms with Crippen LogP contribution in [0.4, 0.5) is 0 Å². The Hall–Kier alpha value is -2.68.